The van der Waals surface area contributed by atoms with E-state index in [0.717, 1.165) is 5.56 Å². The maximum atomic E-state index is 13.5. The second-order valence-electron chi connectivity index (χ2n) is 3.55. The van der Waals surface area contributed by atoms with Crippen LogP contribution in [0.2, 0.25) is 10.2 Å². The Balaban J connectivity index is 2.07. The summed E-state index contributed by atoms with van der Waals surface area (Å²) in [7, 11) is 0. The monoisotopic (exact) mass is 270 g/mol. The third-order valence-corrected chi connectivity index (χ3v) is 2.90. The van der Waals surface area contributed by atoms with Crippen LogP contribution in [0.25, 0.3) is 0 Å². The van der Waals surface area contributed by atoms with Crippen LogP contribution in [0.5, 0.6) is 0 Å². The molecule has 2 rings (SSSR count). The van der Waals surface area contributed by atoms with Gasteiger partial charge < -0.3 is 0 Å². The Kier molecular flexibility index (Phi) is 3.92. The number of hydrogen-bond donors (Lipinski definition) is 0. The number of aromatic nitrogens is 2. The van der Waals surface area contributed by atoms with Crippen molar-refractivity contribution in [2.75, 3.05) is 0 Å². The molecule has 0 atom stereocenters. The van der Waals surface area contributed by atoms with E-state index >= 15 is 0 Å². The van der Waals surface area contributed by atoms with Gasteiger partial charge in [0.25, 0.3) is 0 Å². The summed E-state index contributed by atoms with van der Waals surface area (Å²) in [6.45, 7) is 0. The second kappa shape index (κ2) is 5.43. The van der Waals surface area contributed by atoms with E-state index in [2.05, 4.69) is 9.97 Å². The third-order valence-electron chi connectivity index (χ3n) is 2.38. The zero-order valence-corrected chi connectivity index (χ0v) is 10.3. The average molecular weight is 271 g/mol. The maximum absolute atomic E-state index is 13.5. The Hall–Kier alpha value is -1.19. The molecule has 0 saturated heterocycles. The zero-order valence-electron chi connectivity index (χ0n) is 8.83. The van der Waals surface area contributed by atoms with Crippen LogP contribution < -0.4 is 0 Å². The van der Waals surface area contributed by atoms with Crippen LogP contribution in [-0.4, -0.2) is 9.97 Å². The van der Waals surface area contributed by atoms with Crippen molar-refractivity contribution in [1.29, 1.82) is 0 Å². The lowest BCUT2D eigenvalue weighted by atomic mass is 10.1. The van der Waals surface area contributed by atoms with Gasteiger partial charge in [0.1, 0.15) is 6.33 Å². The zero-order chi connectivity index (χ0) is 12.3. The van der Waals surface area contributed by atoms with E-state index in [1.54, 1.807) is 12.1 Å². The van der Waals surface area contributed by atoms with E-state index in [9.17, 15) is 4.39 Å². The first kappa shape index (κ1) is 12.3. The summed E-state index contributed by atoms with van der Waals surface area (Å²) in [4.78, 5) is 7.44. The molecule has 0 spiro atoms. The van der Waals surface area contributed by atoms with Crippen molar-refractivity contribution in [3.63, 3.8) is 0 Å². The van der Waals surface area contributed by atoms with Crippen molar-refractivity contribution in [2.24, 2.45) is 0 Å². The van der Waals surface area contributed by atoms with Crippen molar-refractivity contribution in [2.45, 2.75) is 12.8 Å². The molecule has 0 N–H and O–H groups in total. The summed E-state index contributed by atoms with van der Waals surface area (Å²) in [5.74, 6) is -0.539. The number of benzene rings is 1. The van der Waals surface area contributed by atoms with E-state index in [1.807, 2.05) is 12.1 Å². The molecule has 2 nitrogen and oxygen atoms in total. The summed E-state index contributed by atoms with van der Waals surface area (Å²) >= 11 is 11.3. The maximum Gasteiger partial charge on any atom is 0.181 e. The lowest BCUT2D eigenvalue weighted by molar-refractivity contribution is 0.589. The van der Waals surface area contributed by atoms with Gasteiger partial charge in [0, 0.05) is 5.02 Å². The van der Waals surface area contributed by atoms with E-state index in [1.165, 1.54) is 6.33 Å². The molecule has 0 aliphatic heterocycles. The molecule has 0 unspecified atom stereocenters. The largest absolute Gasteiger partial charge is 0.238 e. The molecule has 1 aromatic heterocycles. The topological polar surface area (TPSA) is 25.8 Å². The average Bonchev–Trinajstić information content (AvgIpc) is 2.33. The van der Waals surface area contributed by atoms with Gasteiger partial charge in [0.2, 0.25) is 0 Å². The van der Waals surface area contributed by atoms with Gasteiger partial charge in [0.05, 0.1) is 5.69 Å². The van der Waals surface area contributed by atoms with Crippen molar-refractivity contribution < 1.29 is 4.39 Å². The predicted molar refractivity (Wildman–Crippen MR) is 65.9 cm³/mol. The van der Waals surface area contributed by atoms with Gasteiger partial charge in [-0.2, -0.15) is 0 Å². The van der Waals surface area contributed by atoms with Gasteiger partial charge in [-0.05, 0) is 30.5 Å². The molecule has 0 saturated carbocycles. The highest BCUT2D eigenvalue weighted by Crippen LogP contribution is 2.16. The molecule has 0 aliphatic carbocycles. The first-order valence-corrected chi connectivity index (χ1v) is 5.81. The lowest BCUT2D eigenvalue weighted by Crippen LogP contribution is -2.00. The van der Waals surface area contributed by atoms with Gasteiger partial charge >= 0.3 is 0 Å². The fourth-order valence-corrected chi connectivity index (χ4v) is 1.75. The fraction of sp³-hybridized carbons (Fsp3) is 0.167. The van der Waals surface area contributed by atoms with Crippen molar-refractivity contribution in [3.8, 4) is 0 Å². The van der Waals surface area contributed by atoms with Crippen LogP contribution in [0.4, 0.5) is 4.39 Å². The molecule has 17 heavy (non-hydrogen) atoms. The number of hydrogen-bond acceptors (Lipinski definition) is 2. The van der Waals surface area contributed by atoms with Crippen molar-refractivity contribution >= 4 is 23.2 Å². The lowest BCUT2D eigenvalue weighted by Gasteiger charge is -2.03. The van der Waals surface area contributed by atoms with Crippen LogP contribution in [0.3, 0.4) is 0 Å². The minimum Gasteiger partial charge on any atom is -0.238 e. The molecule has 88 valence electrons. The predicted octanol–water partition coefficient (Wildman–Crippen LogP) is 3.71. The summed E-state index contributed by atoms with van der Waals surface area (Å²) < 4.78 is 13.5. The van der Waals surface area contributed by atoms with E-state index in [-0.39, 0.29) is 5.15 Å². The molecule has 0 bridgehead atoms. The van der Waals surface area contributed by atoms with Gasteiger partial charge in [-0.25, -0.2) is 14.4 Å². The molecular weight excluding hydrogens is 262 g/mol. The first-order valence-electron chi connectivity index (χ1n) is 5.06. The van der Waals surface area contributed by atoms with Crippen LogP contribution in [-0.2, 0) is 12.8 Å². The van der Waals surface area contributed by atoms with Crippen LogP contribution >= 0.6 is 23.2 Å². The quantitative estimate of drug-likeness (QED) is 0.795. The third kappa shape index (κ3) is 3.14. The highest BCUT2D eigenvalue weighted by Gasteiger charge is 2.08. The van der Waals surface area contributed by atoms with Crippen LogP contribution in [0.1, 0.15) is 11.3 Å². The smallest absolute Gasteiger partial charge is 0.181 e. The minimum absolute atomic E-state index is 0.133. The highest BCUT2D eigenvalue weighted by molar-refractivity contribution is 6.30. The molecule has 5 heteroatoms. The molecule has 2 aromatic rings. The molecular formula is C12H9Cl2FN2. The molecule has 0 radical (unpaired) electrons. The van der Waals surface area contributed by atoms with Gasteiger partial charge in [0.15, 0.2) is 11.0 Å². The Morgan fingerprint density at radius 2 is 1.71 bits per heavy atom. The SMILES string of the molecule is Fc1c(Cl)ncnc1CCc1ccc(Cl)cc1. The summed E-state index contributed by atoms with van der Waals surface area (Å²) in [6, 6.07) is 7.42. The normalized spacial score (nSPS) is 10.5. The number of rotatable bonds is 3. The van der Waals surface area contributed by atoms with Gasteiger partial charge in [-0.3, -0.25) is 0 Å². The standard InChI is InChI=1S/C12H9Cl2FN2/c13-9-4-1-8(2-5-9)3-6-10-11(15)12(14)17-7-16-10/h1-2,4-5,7H,3,6H2. The van der Waals surface area contributed by atoms with E-state index in [4.69, 9.17) is 23.2 Å². The van der Waals surface area contributed by atoms with Gasteiger partial charge in [-0.1, -0.05) is 35.3 Å². The molecule has 0 fully saturated rings. The van der Waals surface area contributed by atoms with Gasteiger partial charge in [-0.15, -0.1) is 0 Å². The Bertz CT molecular complexity index is 514. The second-order valence-corrected chi connectivity index (χ2v) is 4.35. The summed E-state index contributed by atoms with van der Waals surface area (Å²) in [5, 5.41) is 0.552. The van der Waals surface area contributed by atoms with Crippen LogP contribution in [0, 0.1) is 5.82 Å². The fourth-order valence-electron chi connectivity index (χ4n) is 1.47. The molecule has 1 heterocycles. The Morgan fingerprint density at radius 1 is 1.00 bits per heavy atom. The number of halogens is 3. The van der Waals surface area contributed by atoms with E-state index in [0.29, 0.717) is 23.6 Å². The minimum atomic E-state index is -0.539. The van der Waals surface area contributed by atoms with Crippen molar-refractivity contribution in [3.05, 3.63) is 57.8 Å². The van der Waals surface area contributed by atoms with Crippen molar-refractivity contribution in [1.82, 2.24) is 9.97 Å². The highest BCUT2D eigenvalue weighted by atomic mass is 35.5. The number of aryl methyl sites for hydroxylation is 2. The summed E-state index contributed by atoms with van der Waals surface area (Å²) in [5.41, 5.74) is 1.41. The summed E-state index contributed by atoms with van der Waals surface area (Å²) in [6.07, 6.45) is 2.43. The Labute approximate surface area is 108 Å². The van der Waals surface area contributed by atoms with Crippen LogP contribution in [0.15, 0.2) is 30.6 Å². The van der Waals surface area contributed by atoms with E-state index < -0.39 is 5.82 Å². The molecule has 1 aromatic carbocycles. The number of nitrogens with zero attached hydrogens (tertiary/aromatic N) is 2. The Morgan fingerprint density at radius 3 is 2.41 bits per heavy atom. The first-order chi connectivity index (χ1) is 8.16. The molecule has 0 aliphatic rings. The molecule has 0 amide bonds.